The number of rotatable bonds is 6. The Bertz CT molecular complexity index is 1030. The Morgan fingerprint density at radius 2 is 1.79 bits per heavy atom. The van der Waals surface area contributed by atoms with Crippen molar-refractivity contribution in [3.05, 3.63) is 52.8 Å². The van der Waals surface area contributed by atoms with E-state index in [0.29, 0.717) is 0 Å². The van der Waals surface area contributed by atoms with E-state index in [-0.39, 0.29) is 5.75 Å². The van der Waals surface area contributed by atoms with Gasteiger partial charge >= 0.3 is 16.6 Å². The highest BCUT2D eigenvalue weighted by Gasteiger charge is 2.32. The van der Waals surface area contributed by atoms with Crippen LogP contribution in [0, 0.1) is 5.82 Å². The zero-order valence-corrected chi connectivity index (χ0v) is 16.3. The molecule has 0 radical (unpaired) electrons. The second-order valence-electron chi connectivity index (χ2n) is 5.58. The fourth-order valence-electron chi connectivity index (χ4n) is 1.91. The third kappa shape index (κ3) is 5.95. The van der Waals surface area contributed by atoms with Crippen molar-refractivity contribution in [3.63, 3.8) is 0 Å². The molecule has 2 rings (SSSR count). The number of hydrogen-bond donors (Lipinski definition) is 1. The highest BCUT2D eigenvalue weighted by atomic mass is 35.5. The minimum atomic E-state index is -4.95. The first-order chi connectivity index (χ1) is 13.3. The Morgan fingerprint density at radius 1 is 1.14 bits per heavy atom. The van der Waals surface area contributed by atoms with Gasteiger partial charge in [0.2, 0.25) is 0 Å². The molecule has 158 valence electrons. The lowest BCUT2D eigenvalue weighted by atomic mass is 10.2. The van der Waals surface area contributed by atoms with Crippen LogP contribution in [0.15, 0.2) is 36.4 Å². The molecule has 0 bridgehead atoms. The molecule has 7 nitrogen and oxygen atoms in total. The summed E-state index contributed by atoms with van der Waals surface area (Å²) in [6, 6.07) is 6.22. The SMILES string of the molecule is CN(C)S(=O)(=O)NC(=O)c1cccc(Oc2ccc(OC(F)(F)F)c(Cl)c2)c1F. The molecule has 1 amide bonds. The summed E-state index contributed by atoms with van der Waals surface area (Å²) in [6.07, 6.45) is -4.95. The molecule has 0 aromatic heterocycles. The van der Waals surface area contributed by atoms with E-state index in [4.69, 9.17) is 16.3 Å². The molecule has 0 spiro atoms. The number of carbonyl (C=O) groups is 1. The number of hydrogen-bond acceptors (Lipinski definition) is 5. The van der Waals surface area contributed by atoms with E-state index in [9.17, 15) is 30.8 Å². The third-order valence-electron chi connectivity index (χ3n) is 3.27. The molecule has 0 atom stereocenters. The summed E-state index contributed by atoms with van der Waals surface area (Å²) in [6.45, 7) is 0. The first kappa shape index (κ1) is 22.7. The number of amides is 1. The molecule has 0 saturated heterocycles. The molecular formula is C16H13ClF4N2O5S. The maximum atomic E-state index is 14.6. The van der Waals surface area contributed by atoms with Crippen LogP contribution >= 0.6 is 11.6 Å². The molecule has 1 N–H and O–H groups in total. The maximum Gasteiger partial charge on any atom is 0.573 e. The van der Waals surface area contributed by atoms with Gasteiger partial charge in [-0.3, -0.25) is 4.79 Å². The average Bonchev–Trinajstić information content (AvgIpc) is 2.57. The lowest BCUT2D eigenvalue weighted by Crippen LogP contribution is -2.39. The highest BCUT2D eigenvalue weighted by molar-refractivity contribution is 7.87. The fourth-order valence-corrected chi connectivity index (χ4v) is 2.64. The highest BCUT2D eigenvalue weighted by Crippen LogP contribution is 2.35. The summed E-state index contributed by atoms with van der Waals surface area (Å²) in [5.41, 5.74) is -0.629. The van der Waals surface area contributed by atoms with Crippen molar-refractivity contribution in [2.24, 2.45) is 0 Å². The van der Waals surface area contributed by atoms with Gasteiger partial charge in [-0.15, -0.1) is 13.2 Å². The van der Waals surface area contributed by atoms with Gasteiger partial charge in [-0.1, -0.05) is 17.7 Å². The van der Waals surface area contributed by atoms with Gasteiger partial charge in [0.05, 0.1) is 10.6 Å². The summed E-state index contributed by atoms with van der Waals surface area (Å²) >= 11 is 5.69. The van der Waals surface area contributed by atoms with Gasteiger partial charge in [0.15, 0.2) is 11.6 Å². The lowest BCUT2D eigenvalue weighted by molar-refractivity contribution is -0.274. The van der Waals surface area contributed by atoms with Crippen molar-refractivity contribution >= 4 is 27.7 Å². The molecule has 0 aliphatic rings. The summed E-state index contributed by atoms with van der Waals surface area (Å²) in [7, 11) is -1.82. The maximum absolute atomic E-state index is 14.6. The van der Waals surface area contributed by atoms with Crippen LogP contribution in [0.1, 0.15) is 10.4 Å². The van der Waals surface area contributed by atoms with E-state index >= 15 is 0 Å². The zero-order chi connectivity index (χ0) is 22.0. The van der Waals surface area contributed by atoms with Crippen molar-refractivity contribution < 1.29 is 40.2 Å². The number of halogens is 5. The number of alkyl halides is 3. The normalized spacial score (nSPS) is 12.0. The van der Waals surface area contributed by atoms with Crippen LogP contribution in [-0.2, 0) is 10.2 Å². The molecule has 0 heterocycles. The van der Waals surface area contributed by atoms with Gasteiger partial charge in [0.25, 0.3) is 5.91 Å². The zero-order valence-electron chi connectivity index (χ0n) is 14.8. The van der Waals surface area contributed by atoms with Crippen LogP contribution in [0.2, 0.25) is 5.02 Å². The number of ether oxygens (including phenoxy) is 2. The van der Waals surface area contributed by atoms with Gasteiger partial charge < -0.3 is 9.47 Å². The van der Waals surface area contributed by atoms with E-state index in [1.807, 2.05) is 0 Å². The largest absolute Gasteiger partial charge is 0.573 e. The van der Waals surface area contributed by atoms with Gasteiger partial charge in [-0.05, 0) is 24.3 Å². The van der Waals surface area contributed by atoms with Crippen molar-refractivity contribution in [3.8, 4) is 17.2 Å². The lowest BCUT2D eigenvalue weighted by Gasteiger charge is -2.14. The fraction of sp³-hybridized carbons (Fsp3) is 0.188. The quantitative estimate of drug-likeness (QED) is 0.670. The minimum Gasteiger partial charge on any atom is -0.454 e. The van der Waals surface area contributed by atoms with Gasteiger partial charge in [-0.25, -0.2) is 9.11 Å². The molecule has 0 fully saturated rings. The minimum absolute atomic E-state index is 0.151. The Kier molecular flexibility index (Phi) is 6.60. The topological polar surface area (TPSA) is 84.9 Å². The molecule has 29 heavy (non-hydrogen) atoms. The van der Waals surface area contributed by atoms with Crippen LogP contribution in [0.5, 0.6) is 17.2 Å². The Balaban J connectivity index is 2.26. The second kappa shape index (κ2) is 8.43. The summed E-state index contributed by atoms with van der Waals surface area (Å²) < 4.78 is 86.1. The van der Waals surface area contributed by atoms with Gasteiger partial charge in [0, 0.05) is 20.2 Å². The average molecular weight is 457 g/mol. The Morgan fingerprint density at radius 3 is 2.34 bits per heavy atom. The van der Waals surface area contributed by atoms with E-state index in [1.54, 1.807) is 4.72 Å². The summed E-state index contributed by atoms with van der Waals surface area (Å²) in [4.78, 5) is 12.1. The van der Waals surface area contributed by atoms with E-state index in [1.165, 1.54) is 20.2 Å². The monoisotopic (exact) mass is 456 g/mol. The molecule has 0 saturated carbocycles. The van der Waals surface area contributed by atoms with Crippen LogP contribution in [-0.4, -0.2) is 39.1 Å². The van der Waals surface area contributed by atoms with Crippen molar-refractivity contribution in [2.45, 2.75) is 6.36 Å². The van der Waals surface area contributed by atoms with Crippen LogP contribution < -0.4 is 14.2 Å². The number of nitrogens with one attached hydrogen (secondary N) is 1. The molecular weight excluding hydrogens is 444 g/mol. The van der Waals surface area contributed by atoms with Gasteiger partial charge in [0.1, 0.15) is 11.5 Å². The second-order valence-corrected chi connectivity index (χ2v) is 7.87. The standard InChI is InChI=1S/C16H13ClF4N2O5S/c1-23(2)29(25,26)22-15(24)10-4-3-5-13(14(10)18)27-9-6-7-12(11(17)8-9)28-16(19,20)21/h3-8H,1-2H3,(H,22,24). The smallest absolute Gasteiger partial charge is 0.454 e. The molecule has 0 aliphatic carbocycles. The van der Waals surface area contributed by atoms with Crippen LogP contribution in [0.4, 0.5) is 17.6 Å². The first-order valence-electron chi connectivity index (χ1n) is 7.56. The molecule has 0 unspecified atom stereocenters. The molecule has 13 heteroatoms. The molecule has 0 aliphatic heterocycles. The van der Waals surface area contributed by atoms with Gasteiger partial charge in [-0.2, -0.15) is 12.7 Å². The van der Waals surface area contributed by atoms with Crippen LogP contribution in [0.3, 0.4) is 0 Å². The molecule has 2 aromatic carbocycles. The van der Waals surface area contributed by atoms with Crippen molar-refractivity contribution in [2.75, 3.05) is 14.1 Å². The first-order valence-corrected chi connectivity index (χ1v) is 9.38. The summed E-state index contributed by atoms with van der Waals surface area (Å²) in [5, 5.41) is -0.453. The number of carbonyl (C=O) groups excluding carboxylic acids is 1. The van der Waals surface area contributed by atoms with E-state index in [0.717, 1.165) is 34.6 Å². The van der Waals surface area contributed by atoms with Crippen molar-refractivity contribution in [1.82, 2.24) is 9.03 Å². The van der Waals surface area contributed by atoms with E-state index < -0.39 is 50.4 Å². The Labute approximate surface area is 168 Å². The Hall–Kier alpha value is -2.57. The summed E-state index contributed by atoms with van der Waals surface area (Å²) in [5.74, 6) is -3.75. The van der Waals surface area contributed by atoms with Crippen molar-refractivity contribution in [1.29, 1.82) is 0 Å². The predicted octanol–water partition coefficient (Wildman–Crippen LogP) is 3.71. The van der Waals surface area contributed by atoms with E-state index in [2.05, 4.69) is 4.74 Å². The number of nitrogens with zero attached hydrogens (tertiary/aromatic N) is 1. The number of benzene rings is 2. The predicted molar refractivity (Wildman–Crippen MR) is 94.7 cm³/mol. The molecule has 2 aromatic rings. The third-order valence-corrected chi connectivity index (χ3v) is 4.97. The van der Waals surface area contributed by atoms with Crippen LogP contribution in [0.25, 0.3) is 0 Å².